The maximum Gasteiger partial charge on any atom is 0.253 e. The molecule has 2 amide bonds. The van der Waals surface area contributed by atoms with Gasteiger partial charge in [0.15, 0.2) is 5.11 Å². The van der Waals surface area contributed by atoms with Gasteiger partial charge in [0.05, 0.1) is 11.3 Å². The van der Waals surface area contributed by atoms with E-state index in [1.54, 1.807) is 24.3 Å². The van der Waals surface area contributed by atoms with E-state index >= 15 is 0 Å². The number of carbonyl (C=O) groups is 2. The molecule has 0 fully saturated rings. The minimum atomic E-state index is -0.215. The number of amides is 2. The zero-order valence-electron chi connectivity index (χ0n) is 14.9. The van der Waals surface area contributed by atoms with Crippen molar-refractivity contribution in [2.75, 3.05) is 5.32 Å². The first-order chi connectivity index (χ1) is 12.5. The molecule has 0 radical (unpaired) electrons. The van der Waals surface area contributed by atoms with Crippen LogP contribution in [-0.4, -0.2) is 16.9 Å². The van der Waals surface area contributed by atoms with Crippen molar-refractivity contribution < 1.29 is 9.59 Å². The number of rotatable bonds is 6. The second-order valence-electron chi connectivity index (χ2n) is 6.31. The summed E-state index contributed by atoms with van der Waals surface area (Å²) in [5.74, 6) is -0.120. The third kappa shape index (κ3) is 6.29. The zero-order chi connectivity index (χ0) is 18.9. The molecular weight excluding hydrogens is 346 g/mol. The van der Waals surface area contributed by atoms with Gasteiger partial charge >= 0.3 is 0 Å². The van der Waals surface area contributed by atoms with Gasteiger partial charge in [0.2, 0.25) is 5.91 Å². The SMILES string of the molecule is CC(C)CC(=O)NC(=S)Nc1ccccc1C(=O)NCc1ccccc1. The number of hydrogen-bond donors (Lipinski definition) is 3. The first kappa shape index (κ1) is 19.6. The van der Waals surface area contributed by atoms with Gasteiger partial charge in [-0.15, -0.1) is 0 Å². The van der Waals surface area contributed by atoms with Crippen LogP contribution in [0.4, 0.5) is 5.69 Å². The molecule has 26 heavy (non-hydrogen) atoms. The van der Waals surface area contributed by atoms with E-state index in [-0.39, 0.29) is 22.8 Å². The average Bonchev–Trinajstić information content (AvgIpc) is 2.60. The van der Waals surface area contributed by atoms with Crippen LogP contribution in [0.5, 0.6) is 0 Å². The summed E-state index contributed by atoms with van der Waals surface area (Å²) in [6.07, 6.45) is 0.390. The Morgan fingerprint density at radius 2 is 1.65 bits per heavy atom. The van der Waals surface area contributed by atoms with Crippen molar-refractivity contribution in [1.82, 2.24) is 10.6 Å². The summed E-state index contributed by atoms with van der Waals surface area (Å²) < 4.78 is 0. The topological polar surface area (TPSA) is 70.2 Å². The molecule has 0 aromatic heterocycles. The fourth-order valence-corrected chi connectivity index (χ4v) is 2.59. The van der Waals surface area contributed by atoms with Crippen molar-refractivity contribution in [3.63, 3.8) is 0 Å². The van der Waals surface area contributed by atoms with E-state index in [0.29, 0.717) is 24.2 Å². The minimum absolute atomic E-state index is 0.150. The summed E-state index contributed by atoms with van der Waals surface area (Å²) in [5, 5.41) is 8.63. The molecule has 0 aliphatic heterocycles. The molecule has 0 aliphatic rings. The molecule has 0 heterocycles. The molecule has 2 aromatic rings. The van der Waals surface area contributed by atoms with Gasteiger partial charge in [0.1, 0.15) is 0 Å². The lowest BCUT2D eigenvalue weighted by Crippen LogP contribution is -2.35. The van der Waals surface area contributed by atoms with Crippen LogP contribution in [0.15, 0.2) is 54.6 Å². The van der Waals surface area contributed by atoms with E-state index in [1.807, 2.05) is 44.2 Å². The number of nitrogens with one attached hydrogen (secondary N) is 3. The largest absolute Gasteiger partial charge is 0.348 e. The van der Waals surface area contributed by atoms with Crippen LogP contribution in [0.25, 0.3) is 0 Å². The molecule has 0 saturated carbocycles. The highest BCUT2D eigenvalue weighted by atomic mass is 32.1. The Labute approximate surface area is 159 Å². The van der Waals surface area contributed by atoms with Gasteiger partial charge in [-0.25, -0.2) is 0 Å². The van der Waals surface area contributed by atoms with Gasteiger partial charge in [-0.05, 0) is 35.8 Å². The van der Waals surface area contributed by atoms with Crippen LogP contribution in [-0.2, 0) is 11.3 Å². The smallest absolute Gasteiger partial charge is 0.253 e. The Balaban J connectivity index is 1.99. The molecule has 0 spiro atoms. The lowest BCUT2D eigenvalue weighted by atomic mass is 10.1. The van der Waals surface area contributed by atoms with E-state index in [9.17, 15) is 9.59 Å². The molecule has 0 saturated heterocycles. The summed E-state index contributed by atoms with van der Waals surface area (Å²) >= 11 is 5.18. The molecule has 0 atom stereocenters. The fourth-order valence-electron chi connectivity index (χ4n) is 2.37. The predicted molar refractivity (Wildman–Crippen MR) is 108 cm³/mol. The first-order valence-electron chi connectivity index (χ1n) is 8.47. The van der Waals surface area contributed by atoms with Gasteiger partial charge in [0.25, 0.3) is 5.91 Å². The van der Waals surface area contributed by atoms with E-state index < -0.39 is 0 Å². The van der Waals surface area contributed by atoms with Crippen molar-refractivity contribution in [3.05, 3.63) is 65.7 Å². The first-order valence-corrected chi connectivity index (χ1v) is 8.88. The standard InChI is InChI=1S/C20H23N3O2S/c1-14(2)12-18(24)23-20(26)22-17-11-7-6-10-16(17)19(25)21-13-15-8-4-3-5-9-15/h3-11,14H,12-13H2,1-2H3,(H,21,25)(H2,22,23,24,26). The predicted octanol–water partition coefficient (Wildman–Crippen LogP) is 3.48. The summed E-state index contributed by atoms with van der Waals surface area (Å²) in [7, 11) is 0. The third-order valence-electron chi connectivity index (χ3n) is 3.56. The molecular formula is C20H23N3O2S. The fraction of sp³-hybridized carbons (Fsp3) is 0.250. The molecule has 5 nitrogen and oxygen atoms in total. The maximum absolute atomic E-state index is 12.5. The maximum atomic E-state index is 12.5. The van der Waals surface area contributed by atoms with E-state index in [0.717, 1.165) is 5.56 Å². The minimum Gasteiger partial charge on any atom is -0.348 e. The van der Waals surface area contributed by atoms with Crippen molar-refractivity contribution in [2.45, 2.75) is 26.8 Å². The van der Waals surface area contributed by atoms with Crippen molar-refractivity contribution in [3.8, 4) is 0 Å². The van der Waals surface area contributed by atoms with Gasteiger partial charge in [0, 0.05) is 13.0 Å². The highest BCUT2D eigenvalue weighted by molar-refractivity contribution is 7.80. The number of carbonyl (C=O) groups excluding carboxylic acids is 2. The molecule has 6 heteroatoms. The number of benzene rings is 2. The summed E-state index contributed by atoms with van der Waals surface area (Å²) in [4.78, 5) is 24.3. The Morgan fingerprint density at radius 1 is 1.00 bits per heavy atom. The van der Waals surface area contributed by atoms with E-state index in [4.69, 9.17) is 12.2 Å². The average molecular weight is 369 g/mol. The van der Waals surface area contributed by atoms with Gasteiger partial charge < -0.3 is 16.0 Å². The van der Waals surface area contributed by atoms with Crippen molar-refractivity contribution in [2.24, 2.45) is 5.92 Å². The summed E-state index contributed by atoms with van der Waals surface area (Å²) in [6, 6.07) is 16.7. The quantitative estimate of drug-likeness (QED) is 0.682. The summed E-state index contributed by atoms with van der Waals surface area (Å²) in [5.41, 5.74) is 2.03. The Bertz CT molecular complexity index is 776. The lowest BCUT2D eigenvalue weighted by molar-refractivity contribution is -0.120. The van der Waals surface area contributed by atoms with Crippen LogP contribution in [0.1, 0.15) is 36.2 Å². The highest BCUT2D eigenvalue weighted by Gasteiger charge is 2.13. The van der Waals surface area contributed by atoms with Crippen LogP contribution in [0.3, 0.4) is 0 Å². The monoisotopic (exact) mass is 369 g/mol. The van der Waals surface area contributed by atoms with Crippen LogP contribution in [0, 0.1) is 5.92 Å². The zero-order valence-corrected chi connectivity index (χ0v) is 15.7. The van der Waals surface area contributed by atoms with Crippen LogP contribution < -0.4 is 16.0 Å². The molecule has 0 unspecified atom stereocenters. The van der Waals surface area contributed by atoms with Gasteiger partial charge in [-0.1, -0.05) is 56.3 Å². The van der Waals surface area contributed by atoms with Crippen molar-refractivity contribution in [1.29, 1.82) is 0 Å². The third-order valence-corrected chi connectivity index (χ3v) is 3.77. The van der Waals surface area contributed by atoms with E-state index in [2.05, 4.69) is 16.0 Å². The summed E-state index contributed by atoms with van der Waals surface area (Å²) in [6.45, 7) is 4.36. The number of para-hydroxylation sites is 1. The second kappa shape index (κ2) is 9.68. The number of thiocarbonyl (C=S) groups is 1. The lowest BCUT2D eigenvalue weighted by Gasteiger charge is -2.14. The highest BCUT2D eigenvalue weighted by Crippen LogP contribution is 2.15. The van der Waals surface area contributed by atoms with Gasteiger partial charge in [-0.2, -0.15) is 0 Å². The molecule has 136 valence electrons. The van der Waals surface area contributed by atoms with Crippen molar-refractivity contribution >= 4 is 34.8 Å². The molecule has 2 aromatic carbocycles. The van der Waals surface area contributed by atoms with Gasteiger partial charge in [-0.3, -0.25) is 9.59 Å². The second-order valence-corrected chi connectivity index (χ2v) is 6.72. The van der Waals surface area contributed by atoms with E-state index in [1.165, 1.54) is 0 Å². The molecule has 0 aliphatic carbocycles. The Morgan fingerprint density at radius 3 is 2.35 bits per heavy atom. The normalized spacial score (nSPS) is 10.3. The van der Waals surface area contributed by atoms with Crippen LogP contribution >= 0.6 is 12.2 Å². The Kier molecular flexibility index (Phi) is 7.29. The Hall–Kier alpha value is -2.73. The molecule has 3 N–H and O–H groups in total. The number of hydrogen-bond acceptors (Lipinski definition) is 3. The molecule has 2 rings (SSSR count). The van der Waals surface area contributed by atoms with Crippen LogP contribution in [0.2, 0.25) is 0 Å². The molecule has 0 bridgehead atoms. The number of anilines is 1.